The number of anilines is 1. The smallest absolute Gasteiger partial charge is 0.161 e. The van der Waals surface area contributed by atoms with Crippen LogP contribution in [0.2, 0.25) is 5.02 Å². The third-order valence-electron chi connectivity index (χ3n) is 2.95. The standard InChI is InChI=1S/C15H14Br2ClNO2/c1-20-14-5-9(11(17)7-15(14)21-2)8-19-13-4-3-10(16)6-12(13)18/h3-7,19H,8H2,1-2H3. The highest BCUT2D eigenvalue weighted by Gasteiger charge is 2.10. The Labute approximate surface area is 145 Å². The summed E-state index contributed by atoms with van der Waals surface area (Å²) in [6.07, 6.45) is 0. The monoisotopic (exact) mass is 433 g/mol. The second-order valence-electron chi connectivity index (χ2n) is 4.28. The van der Waals surface area contributed by atoms with E-state index in [-0.39, 0.29) is 0 Å². The number of rotatable bonds is 5. The van der Waals surface area contributed by atoms with Gasteiger partial charge in [-0.1, -0.05) is 43.5 Å². The highest BCUT2D eigenvalue weighted by Crippen LogP contribution is 2.34. The fourth-order valence-electron chi connectivity index (χ4n) is 1.86. The maximum Gasteiger partial charge on any atom is 0.161 e. The third-order valence-corrected chi connectivity index (χ3v) is 4.50. The Morgan fingerprint density at radius 2 is 1.71 bits per heavy atom. The molecule has 0 atom stereocenters. The summed E-state index contributed by atoms with van der Waals surface area (Å²) in [5.74, 6) is 1.38. The number of nitrogens with one attached hydrogen (secondary N) is 1. The topological polar surface area (TPSA) is 30.5 Å². The summed E-state index contributed by atoms with van der Waals surface area (Å²) < 4.78 is 12.5. The van der Waals surface area contributed by atoms with Gasteiger partial charge in [0.2, 0.25) is 0 Å². The normalized spacial score (nSPS) is 10.3. The van der Waals surface area contributed by atoms with E-state index in [4.69, 9.17) is 21.1 Å². The van der Waals surface area contributed by atoms with E-state index in [1.165, 1.54) is 0 Å². The van der Waals surface area contributed by atoms with E-state index in [1.54, 1.807) is 14.2 Å². The van der Waals surface area contributed by atoms with Crippen molar-refractivity contribution in [2.75, 3.05) is 19.5 Å². The zero-order chi connectivity index (χ0) is 15.4. The van der Waals surface area contributed by atoms with Crippen molar-refractivity contribution in [3.05, 3.63) is 49.9 Å². The molecule has 0 spiro atoms. The SMILES string of the molecule is COc1cc(Br)c(CNc2ccc(Br)cc2Cl)cc1OC. The summed E-state index contributed by atoms with van der Waals surface area (Å²) in [6, 6.07) is 9.55. The second kappa shape index (κ2) is 7.38. The molecule has 2 aromatic carbocycles. The maximum atomic E-state index is 6.19. The zero-order valence-electron chi connectivity index (χ0n) is 11.5. The van der Waals surface area contributed by atoms with Gasteiger partial charge in [-0.2, -0.15) is 0 Å². The van der Waals surface area contributed by atoms with Crippen molar-refractivity contribution in [2.24, 2.45) is 0 Å². The quantitative estimate of drug-likeness (QED) is 0.673. The second-order valence-corrected chi connectivity index (χ2v) is 6.45. The molecule has 0 radical (unpaired) electrons. The van der Waals surface area contributed by atoms with Gasteiger partial charge < -0.3 is 14.8 Å². The van der Waals surface area contributed by atoms with Gasteiger partial charge in [-0.25, -0.2) is 0 Å². The molecule has 0 saturated heterocycles. The molecule has 6 heteroatoms. The lowest BCUT2D eigenvalue weighted by Gasteiger charge is -2.14. The lowest BCUT2D eigenvalue weighted by Crippen LogP contribution is -2.02. The Morgan fingerprint density at radius 1 is 1.05 bits per heavy atom. The van der Waals surface area contributed by atoms with E-state index in [1.807, 2.05) is 30.3 Å². The van der Waals surface area contributed by atoms with E-state index in [0.29, 0.717) is 23.1 Å². The van der Waals surface area contributed by atoms with Gasteiger partial charge in [0.05, 0.1) is 24.9 Å². The molecular weight excluding hydrogens is 421 g/mol. The predicted molar refractivity (Wildman–Crippen MR) is 93.7 cm³/mol. The number of halogens is 3. The first-order valence-electron chi connectivity index (χ1n) is 6.14. The Balaban J connectivity index is 2.19. The minimum absolute atomic E-state index is 0.613. The van der Waals surface area contributed by atoms with E-state index in [0.717, 1.165) is 20.2 Å². The van der Waals surface area contributed by atoms with Crippen molar-refractivity contribution in [1.29, 1.82) is 0 Å². The van der Waals surface area contributed by atoms with E-state index in [2.05, 4.69) is 37.2 Å². The molecule has 0 aliphatic rings. The van der Waals surface area contributed by atoms with Gasteiger partial charge in [0.25, 0.3) is 0 Å². The molecule has 0 aromatic heterocycles. The average molecular weight is 436 g/mol. The molecule has 0 heterocycles. The van der Waals surface area contributed by atoms with Crippen LogP contribution < -0.4 is 14.8 Å². The molecule has 112 valence electrons. The Hall–Kier alpha value is -0.910. The van der Waals surface area contributed by atoms with Crippen molar-refractivity contribution in [3.8, 4) is 11.5 Å². The fraction of sp³-hybridized carbons (Fsp3) is 0.200. The summed E-state index contributed by atoms with van der Waals surface area (Å²) in [7, 11) is 3.23. The molecule has 3 nitrogen and oxygen atoms in total. The Kier molecular flexibility index (Phi) is 5.79. The van der Waals surface area contributed by atoms with Gasteiger partial charge in [-0.3, -0.25) is 0 Å². The van der Waals surface area contributed by atoms with E-state index < -0.39 is 0 Å². The molecule has 0 saturated carbocycles. The van der Waals surface area contributed by atoms with E-state index >= 15 is 0 Å². The van der Waals surface area contributed by atoms with Crippen LogP contribution in [-0.4, -0.2) is 14.2 Å². The molecular formula is C15H14Br2ClNO2. The lowest BCUT2D eigenvalue weighted by atomic mass is 10.2. The van der Waals surface area contributed by atoms with E-state index in [9.17, 15) is 0 Å². The maximum absolute atomic E-state index is 6.19. The molecule has 0 amide bonds. The van der Waals surface area contributed by atoms with Gasteiger partial charge in [-0.05, 0) is 35.9 Å². The molecule has 2 rings (SSSR count). The zero-order valence-corrected chi connectivity index (χ0v) is 15.5. The highest BCUT2D eigenvalue weighted by molar-refractivity contribution is 9.10. The van der Waals surface area contributed by atoms with Gasteiger partial charge >= 0.3 is 0 Å². The number of hydrogen-bond donors (Lipinski definition) is 1. The molecule has 1 N–H and O–H groups in total. The van der Waals surface area contributed by atoms with Gasteiger partial charge in [0, 0.05) is 15.5 Å². The van der Waals surface area contributed by atoms with Gasteiger partial charge in [0.1, 0.15) is 0 Å². The summed E-state index contributed by atoms with van der Waals surface area (Å²) in [6.45, 7) is 0.613. The van der Waals surface area contributed by atoms with Crippen LogP contribution in [0.25, 0.3) is 0 Å². The summed E-state index contributed by atoms with van der Waals surface area (Å²) >= 11 is 13.1. The first-order chi connectivity index (χ1) is 10.0. The van der Waals surface area contributed by atoms with Gasteiger partial charge in [-0.15, -0.1) is 0 Å². The van der Waals surface area contributed by atoms with Crippen LogP contribution >= 0.6 is 43.5 Å². The van der Waals surface area contributed by atoms with Crippen molar-refractivity contribution in [1.82, 2.24) is 0 Å². The lowest BCUT2D eigenvalue weighted by molar-refractivity contribution is 0.354. The molecule has 0 fully saturated rings. The Morgan fingerprint density at radius 3 is 2.33 bits per heavy atom. The van der Waals surface area contributed by atoms with Gasteiger partial charge in [0.15, 0.2) is 11.5 Å². The fourth-order valence-corrected chi connectivity index (χ4v) is 3.06. The van der Waals surface area contributed by atoms with Crippen LogP contribution in [0.1, 0.15) is 5.56 Å². The van der Waals surface area contributed by atoms with Crippen LogP contribution in [0.4, 0.5) is 5.69 Å². The molecule has 0 aliphatic heterocycles. The van der Waals surface area contributed by atoms with Crippen molar-refractivity contribution >= 4 is 49.1 Å². The summed E-state index contributed by atoms with van der Waals surface area (Å²) in [5.41, 5.74) is 1.92. The minimum atomic E-state index is 0.613. The minimum Gasteiger partial charge on any atom is -0.493 e. The number of methoxy groups -OCH3 is 2. The third kappa shape index (κ3) is 4.05. The van der Waals surface area contributed by atoms with Crippen LogP contribution in [0, 0.1) is 0 Å². The summed E-state index contributed by atoms with van der Waals surface area (Å²) in [4.78, 5) is 0. The van der Waals surface area contributed by atoms with Crippen molar-refractivity contribution in [3.63, 3.8) is 0 Å². The van der Waals surface area contributed by atoms with Crippen LogP contribution in [0.5, 0.6) is 11.5 Å². The molecule has 21 heavy (non-hydrogen) atoms. The van der Waals surface area contributed by atoms with Crippen LogP contribution in [-0.2, 0) is 6.54 Å². The predicted octanol–water partition coefficient (Wildman–Crippen LogP) is 5.49. The van der Waals surface area contributed by atoms with Crippen molar-refractivity contribution in [2.45, 2.75) is 6.54 Å². The largest absolute Gasteiger partial charge is 0.493 e. The van der Waals surface area contributed by atoms with Crippen LogP contribution in [0.3, 0.4) is 0 Å². The average Bonchev–Trinajstić information content (AvgIpc) is 2.47. The number of benzene rings is 2. The number of ether oxygens (including phenoxy) is 2. The molecule has 2 aromatic rings. The molecule has 0 unspecified atom stereocenters. The highest BCUT2D eigenvalue weighted by atomic mass is 79.9. The first kappa shape index (κ1) is 16.5. The Bertz CT molecular complexity index is 650. The van der Waals surface area contributed by atoms with Crippen LogP contribution in [0.15, 0.2) is 39.3 Å². The van der Waals surface area contributed by atoms with Crippen molar-refractivity contribution < 1.29 is 9.47 Å². The summed E-state index contributed by atoms with van der Waals surface area (Å²) in [5, 5.41) is 3.97. The molecule has 0 aliphatic carbocycles. The first-order valence-corrected chi connectivity index (χ1v) is 8.11. The molecule has 0 bridgehead atoms. The number of hydrogen-bond acceptors (Lipinski definition) is 3.